The Morgan fingerprint density at radius 1 is 1.29 bits per heavy atom. The molecule has 1 aliphatic heterocycles. The zero-order valence-corrected chi connectivity index (χ0v) is 16.1. The SMILES string of the molecule is C[C@H]1CNCCN1C(=O)c1csc(CCc2ccccc2)n1.Cl.Cl. The summed E-state index contributed by atoms with van der Waals surface area (Å²) < 4.78 is 0. The predicted molar refractivity (Wildman–Crippen MR) is 104 cm³/mol. The van der Waals surface area contributed by atoms with Gasteiger partial charge in [0, 0.05) is 37.5 Å². The first-order valence-electron chi connectivity index (χ1n) is 7.74. The molecule has 1 aliphatic rings. The van der Waals surface area contributed by atoms with Crippen molar-refractivity contribution < 1.29 is 4.79 Å². The third-order valence-electron chi connectivity index (χ3n) is 4.00. The standard InChI is InChI=1S/C17H21N3OS.2ClH/c1-13-11-18-9-10-20(13)17(21)15-12-22-16(19-15)8-7-14-5-3-2-4-6-14;;/h2-6,12-13,18H,7-11H2,1H3;2*1H/t13-;;/m0../s1. The molecule has 7 heteroatoms. The minimum atomic E-state index is 0. The van der Waals surface area contributed by atoms with Gasteiger partial charge in [0.15, 0.2) is 0 Å². The van der Waals surface area contributed by atoms with Gasteiger partial charge in [-0.05, 0) is 18.9 Å². The summed E-state index contributed by atoms with van der Waals surface area (Å²) in [5.41, 5.74) is 1.91. The van der Waals surface area contributed by atoms with Gasteiger partial charge in [-0.15, -0.1) is 36.2 Å². The van der Waals surface area contributed by atoms with E-state index in [9.17, 15) is 4.79 Å². The van der Waals surface area contributed by atoms with E-state index in [4.69, 9.17) is 0 Å². The molecular weight excluding hydrogens is 365 g/mol. The average molecular weight is 388 g/mol. The van der Waals surface area contributed by atoms with Crippen LogP contribution in [-0.4, -0.2) is 41.5 Å². The Bertz CT molecular complexity index is 636. The van der Waals surface area contributed by atoms with Crippen LogP contribution in [0.4, 0.5) is 0 Å². The van der Waals surface area contributed by atoms with Crippen molar-refractivity contribution in [2.75, 3.05) is 19.6 Å². The zero-order chi connectivity index (χ0) is 15.4. The van der Waals surface area contributed by atoms with Gasteiger partial charge in [0.2, 0.25) is 0 Å². The molecule has 0 bridgehead atoms. The van der Waals surface area contributed by atoms with Gasteiger partial charge >= 0.3 is 0 Å². The van der Waals surface area contributed by atoms with E-state index in [-0.39, 0.29) is 36.8 Å². The number of aromatic nitrogens is 1. The van der Waals surface area contributed by atoms with E-state index >= 15 is 0 Å². The molecule has 0 radical (unpaired) electrons. The van der Waals surface area contributed by atoms with Crippen molar-refractivity contribution in [1.82, 2.24) is 15.2 Å². The summed E-state index contributed by atoms with van der Waals surface area (Å²) in [6.45, 7) is 4.56. The first kappa shape index (κ1) is 20.9. The molecule has 0 saturated carbocycles. The number of thiazole rings is 1. The van der Waals surface area contributed by atoms with Crippen molar-refractivity contribution in [2.45, 2.75) is 25.8 Å². The number of carbonyl (C=O) groups excluding carboxylic acids is 1. The maximum atomic E-state index is 12.5. The van der Waals surface area contributed by atoms with E-state index in [1.807, 2.05) is 16.3 Å². The first-order valence-corrected chi connectivity index (χ1v) is 8.62. The van der Waals surface area contributed by atoms with Crippen LogP contribution in [0.15, 0.2) is 35.7 Å². The highest BCUT2D eigenvalue weighted by atomic mass is 35.5. The number of amides is 1. The van der Waals surface area contributed by atoms with E-state index in [0.717, 1.165) is 37.5 Å². The Hall–Kier alpha value is -1.14. The molecule has 0 spiro atoms. The molecule has 0 aliphatic carbocycles. The number of nitrogens with one attached hydrogen (secondary N) is 1. The number of hydrogen-bond donors (Lipinski definition) is 1. The van der Waals surface area contributed by atoms with Crippen LogP contribution in [0.5, 0.6) is 0 Å². The summed E-state index contributed by atoms with van der Waals surface area (Å²) in [4.78, 5) is 19.0. The second kappa shape index (κ2) is 9.99. The third kappa shape index (κ3) is 5.18. The molecule has 2 heterocycles. The highest BCUT2D eigenvalue weighted by Crippen LogP contribution is 2.16. The molecule has 4 nitrogen and oxygen atoms in total. The minimum absolute atomic E-state index is 0. The van der Waals surface area contributed by atoms with Gasteiger partial charge in [-0.2, -0.15) is 0 Å². The number of carbonyl (C=O) groups is 1. The van der Waals surface area contributed by atoms with Gasteiger partial charge in [0.05, 0.1) is 5.01 Å². The minimum Gasteiger partial charge on any atom is -0.332 e. The van der Waals surface area contributed by atoms with E-state index in [2.05, 4.69) is 41.5 Å². The van der Waals surface area contributed by atoms with Crippen molar-refractivity contribution in [1.29, 1.82) is 0 Å². The Morgan fingerprint density at radius 2 is 2.04 bits per heavy atom. The van der Waals surface area contributed by atoms with Gasteiger partial charge in [-0.3, -0.25) is 4.79 Å². The molecule has 0 unspecified atom stereocenters. The second-order valence-corrected chi connectivity index (χ2v) is 6.61. The fraction of sp³-hybridized carbons (Fsp3) is 0.412. The maximum absolute atomic E-state index is 12.5. The quantitative estimate of drug-likeness (QED) is 0.875. The van der Waals surface area contributed by atoms with Crippen molar-refractivity contribution in [3.63, 3.8) is 0 Å². The zero-order valence-electron chi connectivity index (χ0n) is 13.6. The molecular formula is C17H23Cl2N3OS. The first-order chi connectivity index (χ1) is 10.7. The normalized spacial score (nSPS) is 16.9. The molecule has 1 fully saturated rings. The van der Waals surface area contributed by atoms with Crippen LogP contribution < -0.4 is 5.32 Å². The molecule has 1 amide bonds. The van der Waals surface area contributed by atoms with Crippen LogP contribution in [-0.2, 0) is 12.8 Å². The Morgan fingerprint density at radius 3 is 2.75 bits per heavy atom. The van der Waals surface area contributed by atoms with Crippen molar-refractivity contribution in [3.05, 3.63) is 52.0 Å². The molecule has 24 heavy (non-hydrogen) atoms. The summed E-state index contributed by atoms with van der Waals surface area (Å²) in [6, 6.07) is 10.6. The maximum Gasteiger partial charge on any atom is 0.273 e. The van der Waals surface area contributed by atoms with Gasteiger partial charge in [-0.25, -0.2) is 4.98 Å². The van der Waals surface area contributed by atoms with Gasteiger partial charge < -0.3 is 10.2 Å². The lowest BCUT2D eigenvalue weighted by molar-refractivity contribution is 0.0650. The smallest absolute Gasteiger partial charge is 0.273 e. The molecule has 1 aromatic heterocycles. The highest BCUT2D eigenvalue weighted by Gasteiger charge is 2.25. The molecule has 1 aromatic carbocycles. The monoisotopic (exact) mass is 387 g/mol. The Kier molecular flexibility index (Phi) is 8.70. The summed E-state index contributed by atoms with van der Waals surface area (Å²) in [5, 5.41) is 6.24. The van der Waals surface area contributed by atoms with Crippen LogP contribution in [0.2, 0.25) is 0 Å². The number of rotatable bonds is 4. The number of nitrogens with zero attached hydrogens (tertiary/aromatic N) is 2. The molecule has 1 N–H and O–H groups in total. The third-order valence-corrected chi connectivity index (χ3v) is 4.91. The molecule has 1 saturated heterocycles. The fourth-order valence-corrected chi connectivity index (χ4v) is 3.48. The van der Waals surface area contributed by atoms with Gasteiger partial charge in [0.1, 0.15) is 5.69 Å². The van der Waals surface area contributed by atoms with E-state index in [1.54, 1.807) is 11.3 Å². The number of aryl methyl sites for hydroxylation is 2. The topological polar surface area (TPSA) is 45.2 Å². The number of piperazine rings is 1. The summed E-state index contributed by atoms with van der Waals surface area (Å²) in [7, 11) is 0. The Balaban J connectivity index is 0.00000144. The number of halogens is 2. The van der Waals surface area contributed by atoms with Crippen molar-refractivity contribution in [2.24, 2.45) is 0 Å². The second-order valence-electron chi connectivity index (χ2n) is 5.66. The molecule has 132 valence electrons. The summed E-state index contributed by atoms with van der Waals surface area (Å²) in [6.07, 6.45) is 1.85. The highest BCUT2D eigenvalue weighted by molar-refractivity contribution is 7.09. The number of hydrogen-bond acceptors (Lipinski definition) is 4. The lowest BCUT2D eigenvalue weighted by Crippen LogP contribution is -2.52. The van der Waals surface area contributed by atoms with Crippen LogP contribution in [0.3, 0.4) is 0 Å². The van der Waals surface area contributed by atoms with Crippen LogP contribution in [0, 0.1) is 0 Å². The van der Waals surface area contributed by atoms with Gasteiger partial charge in [-0.1, -0.05) is 30.3 Å². The van der Waals surface area contributed by atoms with Crippen molar-refractivity contribution in [3.8, 4) is 0 Å². The number of benzene rings is 1. The molecule has 1 atom stereocenters. The average Bonchev–Trinajstić information content (AvgIpc) is 3.03. The molecule has 2 aromatic rings. The lowest BCUT2D eigenvalue weighted by atomic mass is 10.1. The van der Waals surface area contributed by atoms with Crippen LogP contribution in [0.25, 0.3) is 0 Å². The largest absolute Gasteiger partial charge is 0.332 e. The predicted octanol–water partition coefficient (Wildman–Crippen LogP) is 3.21. The van der Waals surface area contributed by atoms with E-state index in [0.29, 0.717) is 5.69 Å². The molecule has 3 rings (SSSR count). The van der Waals surface area contributed by atoms with E-state index < -0.39 is 0 Å². The van der Waals surface area contributed by atoms with Crippen LogP contribution in [0.1, 0.15) is 28.0 Å². The summed E-state index contributed by atoms with van der Waals surface area (Å²) in [5.74, 6) is 0.0659. The fourth-order valence-electron chi connectivity index (χ4n) is 2.71. The van der Waals surface area contributed by atoms with Crippen molar-refractivity contribution >= 4 is 42.1 Å². The van der Waals surface area contributed by atoms with E-state index in [1.165, 1.54) is 5.56 Å². The lowest BCUT2D eigenvalue weighted by Gasteiger charge is -2.33. The summed E-state index contributed by atoms with van der Waals surface area (Å²) >= 11 is 1.59. The van der Waals surface area contributed by atoms with Gasteiger partial charge in [0.25, 0.3) is 5.91 Å². The Labute approximate surface area is 159 Å². The van der Waals surface area contributed by atoms with Crippen LogP contribution >= 0.6 is 36.2 Å².